The number of Topliss-reactive ketones (excluding diaryl/α,β-unsaturated/α-hetero) is 1. The summed E-state index contributed by atoms with van der Waals surface area (Å²) in [5.74, 6) is -0.181. The van der Waals surface area contributed by atoms with E-state index in [2.05, 4.69) is 11.8 Å². The summed E-state index contributed by atoms with van der Waals surface area (Å²) in [6.07, 6.45) is 4.05. The summed E-state index contributed by atoms with van der Waals surface area (Å²) in [5, 5.41) is 0. The highest BCUT2D eigenvalue weighted by atomic mass is 19.1. The van der Waals surface area contributed by atoms with Gasteiger partial charge in [-0.25, -0.2) is 4.39 Å². The van der Waals surface area contributed by atoms with E-state index in [1.54, 1.807) is 12.1 Å². The van der Waals surface area contributed by atoms with E-state index in [9.17, 15) is 9.18 Å². The minimum absolute atomic E-state index is 0.113. The average molecular weight is 249 g/mol. The Bertz CT molecular complexity index is 397. The van der Waals surface area contributed by atoms with E-state index in [4.69, 9.17) is 0 Å². The van der Waals surface area contributed by atoms with Crippen LogP contribution in [0.15, 0.2) is 24.3 Å². The Morgan fingerprint density at radius 3 is 2.56 bits per heavy atom. The zero-order chi connectivity index (χ0) is 13.0. The number of nitrogens with zero attached hydrogens (tertiary/aromatic N) is 1. The van der Waals surface area contributed by atoms with Gasteiger partial charge in [0.05, 0.1) is 0 Å². The van der Waals surface area contributed by atoms with Gasteiger partial charge >= 0.3 is 0 Å². The molecule has 2 nitrogen and oxygen atoms in total. The summed E-state index contributed by atoms with van der Waals surface area (Å²) in [5.41, 5.74) is 0.617. The number of ketones is 1. The summed E-state index contributed by atoms with van der Waals surface area (Å²) in [7, 11) is 0. The molecular formula is C15H20FNO. The monoisotopic (exact) mass is 249 g/mol. The van der Waals surface area contributed by atoms with Crippen LogP contribution in [0, 0.1) is 5.82 Å². The number of carbonyl (C=O) groups is 1. The van der Waals surface area contributed by atoms with Crippen LogP contribution in [0.5, 0.6) is 0 Å². The predicted molar refractivity (Wildman–Crippen MR) is 70.2 cm³/mol. The molecule has 0 N–H and O–H groups in total. The van der Waals surface area contributed by atoms with E-state index in [1.807, 2.05) is 0 Å². The molecule has 0 spiro atoms. The van der Waals surface area contributed by atoms with Crippen molar-refractivity contribution in [2.45, 2.75) is 38.6 Å². The van der Waals surface area contributed by atoms with Crippen molar-refractivity contribution in [3.63, 3.8) is 0 Å². The van der Waals surface area contributed by atoms with Crippen molar-refractivity contribution in [1.29, 1.82) is 0 Å². The van der Waals surface area contributed by atoms with Crippen LogP contribution in [-0.2, 0) is 0 Å². The number of halogens is 1. The Kier molecular flexibility index (Phi) is 4.48. The molecule has 18 heavy (non-hydrogen) atoms. The number of carbonyl (C=O) groups excluding carboxylic acids is 1. The van der Waals surface area contributed by atoms with Gasteiger partial charge in [-0.15, -0.1) is 0 Å². The molecule has 1 saturated carbocycles. The topological polar surface area (TPSA) is 20.3 Å². The highest BCUT2D eigenvalue weighted by Gasteiger charge is 2.27. The van der Waals surface area contributed by atoms with Crippen LogP contribution in [0.3, 0.4) is 0 Å². The zero-order valence-corrected chi connectivity index (χ0v) is 10.9. The first-order valence-corrected chi connectivity index (χ1v) is 6.73. The maximum atomic E-state index is 12.7. The zero-order valence-electron chi connectivity index (χ0n) is 10.9. The first kappa shape index (κ1) is 13.2. The fourth-order valence-corrected chi connectivity index (χ4v) is 2.26. The van der Waals surface area contributed by atoms with E-state index in [-0.39, 0.29) is 11.6 Å². The van der Waals surface area contributed by atoms with Gasteiger partial charge in [-0.05, 0) is 56.6 Å². The molecule has 0 unspecified atom stereocenters. The van der Waals surface area contributed by atoms with Crippen LogP contribution in [-0.4, -0.2) is 29.8 Å². The van der Waals surface area contributed by atoms with E-state index < -0.39 is 0 Å². The summed E-state index contributed by atoms with van der Waals surface area (Å²) in [4.78, 5) is 14.3. The lowest BCUT2D eigenvalue weighted by atomic mass is 10.1. The molecule has 1 fully saturated rings. The van der Waals surface area contributed by atoms with Crippen LogP contribution >= 0.6 is 0 Å². The fraction of sp³-hybridized carbons (Fsp3) is 0.533. The Morgan fingerprint density at radius 1 is 1.33 bits per heavy atom. The lowest BCUT2D eigenvalue weighted by Crippen LogP contribution is -2.27. The number of hydrogen-bond donors (Lipinski definition) is 0. The SMILES string of the molecule is CCN(CCCC(=O)c1ccc(F)cc1)C1CC1. The first-order valence-electron chi connectivity index (χ1n) is 6.73. The van der Waals surface area contributed by atoms with Gasteiger partial charge in [0.1, 0.15) is 5.82 Å². The number of hydrogen-bond acceptors (Lipinski definition) is 2. The van der Waals surface area contributed by atoms with Crippen molar-refractivity contribution >= 4 is 5.78 Å². The molecule has 1 aromatic carbocycles. The molecule has 2 rings (SSSR count). The molecule has 3 heteroatoms. The Balaban J connectivity index is 1.75. The Morgan fingerprint density at radius 2 is 2.00 bits per heavy atom. The molecule has 0 bridgehead atoms. The molecule has 0 radical (unpaired) electrons. The lowest BCUT2D eigenvalue weighted by molar-refractivity contribution is 0.0974. The smallest absolute Gasteiger partial charge is 0.162 e. The van der Waals surface area contributed by atoms with Crippen molar-refractivity contribution in [2.24, 2.45) is 0 Å². The van der Waals surface area contributed by atoms with Crippen LogP contribution in [0.4, 0.5) is 4.39 Å². The number of benzene rings is 1. The molecular weight excluding hydrogens is 229 g/mol. The maximum absolute atomic E-state index is 12.7. The van der Waals surface area contributed by atoms with Gasteiger partial charge < -0.3 is 4.90 Å². The molecule has 1 aliphatic rings. The molecule has 0 aromatic heterocycles. The predicted octanol–water partition coefficient (Wildman–Crippen LogP) is 3.27. The number of rotatable bonds is 7. The van der Waals surface area contributed by atoms with E-state index >= 15 is 0 Å². The molecule has 0 atom stereocenters. The third-order valence-corrected chi connectivity index (χ3v) is 3.48. The normalized spacial score (nSPS) is 15.1. The molecule has 0 heterocycles. The minimum atomic E-state index is -0.294. The van der Waals surface area contributed by atoms with Crippen molar-refractivity contribution in [1.82, 2.24) is 4.90 Å². The summed E-state index contributed by atoms with van der Waals surface area (Å²) in [6, 6.07) is 6.58. The van der Waals surface area contributed by atoms with E-state index in [0.717, 1.165) is 25.6 Å². The molecule has 0 saturated heterocycles. The van der Waals surface area contributed by atoms with Gasteiger partial charge in [0, 0.05) is 18.0 Å². The van der Waals surface area contributed by atoms with E-state index in [0.29, 0.717) is 12.0 Å². The van der Waals surface area contributed by atoms with E-state index in [1.165, 1.54) is 25.0 Å². The van der Waals surface area contributed by atoms with Gasteiger partial charge in [0.2, 0.25) is 0 Å². The van der Waals surface area contributed by atoms with Crippen molar-refractivity contribution in [2.75, 3.05) is 13.1 Å². The quantitative estimate of drug-likeness (QED) is 0.691. The van der Waals surface area contributed by atoms with Gasteiger partial charge in [-0.3, -0.25) is 4.79 Å². The third-order valence-electron chi connectivity index (χ3n) is 3.48. The van der Waals surface area contributed by atoms with Gasteiger partial charge in [-0.1, -0.05) is 6.92 Å². The minimum Gasteiger partial charge on any atom is -0.301 e. The average Bonchev–Trinajstić information content (AvgIpc) is 3.19. The maximum Gasteiger partial charge on any atom is 0.162 e. The molecule has 0 amide bonds. The Hall–Kier alpha value is -1.22. The van der Waals surface area contributed by atoms with Gasteiger partial charge in [0.15, 0.2) is 5.78 Å². The van der Waals surface area contributed by atoms with Crippen LogP contribution in [0.1, 0.15) is 43.0 Å². The Labute approximate surface area is 108 Å². The standard InChI is InChI=1S/C15H20FNO/c1-2-17(14-9-10-14)11-3-4-15(18)12-5-7-13(16)8-6-12/h5-8,14H,2-4,9-11H2,1H3. The lowest BCUT2D eigenvalue weighted by Gasteiger charge is -2.19. The summed E-state index contributed by atoms with van der Waals surface area (Å²) >= 11 is 0. The second kappa shape index (κ2) is 6.10. The van der Waals surface area contributed by atoms with Crippen molar-refractivity contribution < 1.29 is 9.18 Å². The van der Waals surface area contributed by atoms with Crippen LogP contribution < -0.4 is 0 Å². The fourth-order valence-electron chi connectivity index (χ4n) is 2.26. The molecule has 1 aromatic rings. The second-order valence-electron chi connectivity index (χ2n) is 4.89. The van der Waals surface area contributed by atoms with Crippen molar-refractivity contribution in [3.05, 3.63) is 35.6 Å². The second-order valence-corrected chi connectivity index (χ2v) is 4.89. The van der Waals surface area contributed by atoms with Crippen LogP contribution in [0.2, 0.25) is 0 Å². The van der Waals surface area contributed by atoms with Crippen LogP contribution in [0.25, 0.3) is 0 Å². The highest BCUT2D eigenvalue weighted by molar-refractivity contribution is 5.95. The third kappa shape index (κ3) is 3.64. The summed E-state index contributed by atoms with van der Waals surface area (Å²) in [6.45, 7) is 4.23. The highest BCUT2D eigenvalue weighted by Crippen LogP contribution is 2.26. The molecule has 0 aliphatic heterocycles. The van der Waals surface area contributed by atoms with Gasteiger partial charge in [-0.2, -0.15) is 0 Å². The van der Waals surface area contributed by atoms with Gasteiger partial charge in [0.25, 0.3) is 0 Å². The first-order chi connectivity index (χ1) is 8.70. The molecule has 1 aliphatic carbocycles. The molecule has 98 valence electrons. The van der Waals surface area contributed by atoms with Crippen molar-refractivity contribution in [3.8, 4) is 0 Å². The largest absolute Gasteiger partial charge is 0.301 e. The summed E-state index contributed by atoms with van der Waals surface area (Å²) < 4.78 is 12.7.